The van der Waals surface area contributed by atoms with Crippen LogP contribution < -0.4 is 4.74 Å². The summed E-state index contributed by atoms with van der Waals surface area (Å²) in [5.41, 5.74) is -0.443. The lowest BCUT2D eigenvalue weighted by Gasteiger charge is -2.08. The van der Waals surface area contributed by atoms with E-state index in [0.29, 0.717) is 0 Å². The number of rotatable bonds is 4. The van der Waals surface area contributed by atoms with Crippen LogP contribution in [0.15, 0.2) is 36.4 Å². The second kappa shape index (κ2) is 5.88. The maximum atomic E-state index is 13.7. The van der Waals surface area contributed by atoms with Gasteiger partial charge in [-0.1, -0.05) is 17.7 Å². The summed E-state index contributed by atoms with van der Waals surface area (Å²) in [6, 6.07) is 7.83. The third-order valence-electron chi connectivity index (χ3n) is 2.69. The number of nitro groups is 1. The predicted molar refractivity (Wildman–Crippen MR) is 74.6 cm³/mol. The van der Waals surface area contributed by atoms with E-state index in [0.717, 1.165) is 6.07 Å². The third kappa shape index (κ3) is 3.17. The highest BCUT2D eigenvalue weighted by atomic mass is 35.5. The van der Waals surface area contributed by atoms with Crippen molar-refractivity contribution in [3.05, 3.63) is 62.9 Å². The van der Waals surface area contributed by atoms with Gasteiger partial charge < -0.3 is 4.74 Å². The number of Topliss-reactive ketones (excluding diaryl/α,β-unsaturated/α-hetero) is 1. The normalized spacial score (nSPS) is 10.2. The summed E-state index contributed by atoms with van der Waals surface area (Å²) in [5, 5.41) is 10.7. The van der Waals surface area contributed by atoms with E-state index in [9.17, 15) is 19.3 Å². The second-order valence-electron chi connectivity index (χ2n) is 4.15. The monoisotopic (exact) mass is 309 g/mol. The number of carbonyl (C=O) groups is 1. The Hall–Kier alpha value is -2.47. The van der Waals surface area contributed by atoms with Gasteiger partial charge in [0.25, 0.3) is 5.69 Å². The molecule has 7 heteroatoms. The average molecular weight is 310 g/mol. The zero-order chi connectivity index (χ0) is 15.6. The number of hydrogen-bond acceptors (Lipinski definition) is 4. The highest BCUT2D eigenvalue weighted by Gasteiger charge is 2.19. The van der Waals surface area contributed by atoms with Gasteiger partial charge in [0.1, 0.15) is 5.75 Å². The molecular formula is C14H9ClFNO4. The highest BCUT2D eigenvalue weighted by Crippen LogP contribution is 2.31. The minimum atomic E-state index is -0.748. The molecule has 0 aliphatic rings. The standard InChI is InChI=1S/C14H9ClFNO4/c1-8(18)10-7-9(5-6-12(10)17(19)20)21-13-4-2-3-11(15)14(13)16/h2-7H,1H3. The van der Waals surface area contributed by atoms with Crippen molar-refractivity contribution in [3.8, 4) is 11.5 Å². The van der Waals surface area contributed by atoms with E-state index in [-0.39, 0.29) is 27.8 Å². The van der Waals surface area contributed by atoms with Crippen LogP contribution in [0.5, 0.6) is 11.5 Å². The Balaban J connectivity index is 2.42. The number of hydrogen-bond donors (Lipinski definition) is 0. The van der Waals surface area contributed by atoms with Crippen LogP contribution in [0.1, 0.15) is 17.3 Å². The summed E-state index contributed by atoms with van der Waals surface area (Å²) >= 11 is 5.63. The fourth-order valence-electron chi connectivity index (χ4n) is 1.71. The van der Waals surface area contributed by atoms with Gasteiger partial charge in [0.2, 0.25) is 0 Å². The molecular weight excluding hydrogens is 301 g/mol. The number of ether oxygens (including phenoxy) is 1. The smallest absolute Gasteiger partial charge is 0.280 e. The number of benzene rings is 2. The van der Waals surface area contributed by atoms with Gasteiger partial charge in [-0.05, 0) is 31.2 Å². The van der Waals surface area contributed by atoms with Crippen molar-refractivity contribution in [1.29, 1.82) is 0 Å². The fourth-order valence-corrected chi connectivity index (χ4v) is 1.88. The van der Waals surface area contributed by atoms with Crippen LogP contribution in [0.2, 0.25) is 5.02 Å². The van der Waals surface area contributed by atoms with Gasteiger partial charge in [0, 0.05) is 6.07 Å². The molecule has 0 saturated carbocycles. The number of nitrogens with zero attached hydrogens (tertiary/aromatic N) is 1. The lowest BCUT2D eigenvalue weighted by molar-refractivity contribution is -0.385. The van der Waals surface area contributed by atoms with Crippen LogP contribution >= 0.6 is 11.6 Å². The number of ketones is 1. The zero-order valence-electron chi connectivity index (χ0n) is 10.8. The van der Waals surface area contributed by atoms with E-state index in [1.807, 2.05) is 0 Å². The largest absolute Gasteiger partial charge is 0.454 e. The summed E-state index contributed by atoms with van der Waals surface area (Å²) < 4.78 is 19.0. The van der Waals surface area contributed by atoms with Gasteiger partial charge in [-0.15, -0.1) is 0 Å². The predicted octanol–water partition coefficient (Wildman–Crippen LogP) is 4.38. The van der Waals surface area contributed by atoms with Crippen molar-refractivity contribution in [2.24, 2.45) is 0 Å². The molecule has 0 unspecified atom stereocenters. The van der Waals surface area contributed by atoms with Crippen LogP contribution in [-0.2, 0) is 0 Å². The van der Waals surface area contributed by atoms with Crippen LogP contribution in [0.4, 0.5) is 10.1 Å². The van der Waals surface area contributed by atoms with E-state index >= 15 is 0 Å². The van der Waals surface area contributed by atoms with Gasteiger partial charge in [-0.25, -0.2) is 4.39 Å². The quantitative estimate of drug-likeness (QED) is 0.477. The van der Waals surface area contributed by atoms with Gasteiger partial charge in [-0.3, -0.25) is 14.9 Å². The first-order valence-electron chi connectivity index (χ1n) is 5.81. The van der Waals surface area contributed by atoms with Crippen molar-refractivity contribution < 1.29 is 18.8 Å². The van der Waals surface area contributed by atoms with Gasteiger partial charge in [-0.2, -0.15) is 0 Å². The van der Waals surface area contributed by atoms with E-state index in [1.54, 1.807) is 0 Å². The molecule has 0 aliphatic heterocycles. The van der Waals surface area contributed by atoms with E-state index in [1.165, 1.54) is 37.3 Å². The molecule has 2 rings (SSSR count). The molecule has 0 bridgehead atoms. The molecule has 5 nitrogen and oxygen atoms in total. The van der Waals surface area contributed by atoms with Crippen molar-refractivity contribution >= 4 is 23.1 Å². The molecule has 108 valence electrons. The summed E-state index contributed by atoms with van der Waals surface area (Å²) in [5.74, 6) is -1.27. The number of carbonyl (C=O) groups excluding carboxylic acids is 1. The molecule has 0 amide bonds. The van der Waals surface area contributed by atoms with Crippen molar-refractivity contribution in [3.63, 3.8) is 0 Å². The zero-order valence-corrected chi connectivity index (χ0v) is 11.6. The minimum Gasteiger partial charge on any atom is -0.454 e. The molecule has 0 aliphatic carbocycles. The van der Waals surface area contributed by atoms with E-state index in [4.69, 9.17) is 16.3 Å². The van der Waals surface area contributed by atoms with Crippen LogP contribution in [-0.4, -0.2) is 10.7 Å². The molecule has 0 fully saturated rings. The summed E-state index contributed by atoms with van der Waals surface area (Å²) in [6.45, 7) is 1.20. The maximum Gasteiger partial charge on any atom is 0.280 e. The molecule has 2 aromatic carbocycles. The topological polar surface area (TPSA) is 69.4 Å². The molecule has 0 heterocycles. The Labute approximate surface area is 124 Å². The Morgan fingerprint density at radius 3 is 2.67 bits per heavy atom. The Morgan fingerprint density at radius 1 is 1.33 bits per heavy atom. The fraction of sp³-hybridized carbons (Fsp3) is 0.0714. The summed E-state index contributed by atoms with van der Waals surface area (Å²) in [7, 11) is 0. The average Bonchev–Trinajstić information content (AvgIpc) is 2.43. The molecule has 0 spiro atoms. The molecule has 0 radical (unpaired) electrons. The lowest BCUT2D eigenvalue weighted by Crippen LogP contribution is -2.00. The minimum absolute atomic E-state index is 0.104. The van der Waals surface area contributed by atoms with Crippen molar-refractivity contribution in [1.82, 2.24) is 0 Å². The summed E-state index contributed by atoms with van der Waals surface area (Å²) in [4.78, 5) is 21.6. The molecule has 0 aromatic heterocycles. The molecule has 0 N–H and O–H groups in total. The lowest BCUT2D eigenvalue weighted by atomic mass is 10.1. The molecule has 21 heavy (non-hydrogen) atoms. The summed E-state index contributed by atoms with van der Waals surface area (Å²) in [6.07, 6.45) is 0. The Kier molecular flexibility index (Phi) is 4.18. The van der Waals surface area contributed by atoms with E-state index < -0.39 is 16.5 Å². The number of halogens is 2. The van der Waals surface area contributed by atoms with E-state index in [2.05, 4.69) is 0 Å². The SMILES string of the molecule is CC(=O)c1cc(Oc2cccc(Cl)c2F)ccc1[N+](=O)[O-]. The molecule has 2 aromatic rings. The van der Waals surface area contributed by atoms with Crippen LogP contribution in [0.3, 0.4) is 0 Å². The highest BCUT2D eigenvalue weighted by molar-refractivity contribution is 6.30. The Bertz CT molecular complexity index is 733. The van der Waals surface area contributed by atoms with Gasteiger partial charge in [0.05, 0.1) is 15.5 Å². The maximum absolute atomic E-state index is 13.7. The van der Waals surface area contributed by atoms with Gasteiger partial charge >= 0.3 is 0 Å². The molecule has 0 saturated heterocycles. The second-order valence-corrected chi connectivity index (χ2v) is 4.55. The number of nitro benzene ring substituents is 1. The first-order valence-corrected chi connectivity index (χ1v) is 6.19. The molecule has 0 atom stereocenters. The van der Waals surface area contributed by atoms with Crippen LogP contribution in [0, 0.1) is 15.9 Å². The van der Waals surface area contributed by atoms with Crippen molar-refractivity contribution in [2.45, 2.75) is 6.92 Å². The van der Waals surface area contributed by atoms with Crippen LogP contribution in [0.25, 0.3) is 0 Å². The van der Waals surface area contributed by atoms with Gasteiger partial charge in [0.15, 0.2) is 17.3 Å². The third-order valence-corrected chi connectivity index (χ3v) is 2.98. The van der Waals surface area contributed by atoms with Crippen molar-refractivity contribution in [2.75, 3.05) is 0 Å². The Morgan fingerprint density at radius 2 is 2.05 bits per heavy atom. The first-order chi connectivity index (χ1) is 9.90. The first kappa shape index (κ1) is 14.9.